The summed E-state index contributed by atoms with van der Waals surface area (Å²) in [6, 6.07) is 10.6. The molecule has 2 aromatic carbocycles. The highest BCUT2D eigenvalue weighted by atomic mass is 35.5. The normalized spacial score (nSPS) is 12.8. The first-order valence-corrected chi connectivity index (χ1v) is 7.37. The Morgan fingerprint density at radius 3 is 2.62 bits per heavy atom. The number of fused-ring (bicyclic) bond motifs is 1. The topological polar surface area (TPSA) is 17.8 Å². The van der Waals surface area contributed by atoms with Crippen LogP contribution in [0, 0.1) is 12.7 Å². The highest BCUT2D eigenvalue weighted by Crippen LogP contribution is 2.30. The minimum absolute atomic E-state index is 0.0789. The van der Waals surface area contributed by atoms with Gasteiger partial charge in [-0.25, -0.2) is 9.37 Å². The molecule has 0 spiro atoms. The molecule has 5 heteroatoms. The summed E-state index contributed by atoms with van der Waals surface area (Å²) in [5, 5.41) is -0.197. The van der Waals surface area contributed by atoms with E-state index in [9.17, 15) is 4.39 Å². The van der Waals surface area contributed by atoms with Crippen LogP contribution in [-0.2, 0) is 0 Å². The van der Waals surface area contributed by atoms with Gasteiger partial charge in [0.1, 0.15) is 11.6 Å². The summed E-state index contributed by atoms with van der Waals surface area (Å²) in [4.78, 5) is 4.58. The Balaban J connectivity index is 2.35. The fraction of sp³-hybridized carbons (Fsp3) is 0.188. The molecule has 0 N–H and O–H groups in total. The van der Waals surface area contributed by atoms with Gasteiger partial charge in [0, 0.05) is 5.69 Å². The largest absolute Gasteiger partial charge is 0.295 e. The molecule has 1 unspecified atom stereocenters. The van der Waals surface area contributed by atoms with Crippen LogP contribution < -0.4 is 0 Å². The van der Waals surface area contributed by atoms with Gasteiger partial charge in [-0.05, 0) is 49.7 Å². The average molecular weight is 323 g/mol. The van der Waals surface area contributed by atoms with Crippen LogP contribution in [0.25, 0.3) is 16.7 Å². The van der Waals surface area contributed by atoms with Crippen molar-refractivity contribution < 1.29 is 4.39 Å². The molecule has 3 aromatic rings. The van der Waals surface area contributed by atoms with Crippen LogP contribution in [0.2, 0.25) is 5.02 Å². The standard InChI is InChI=1S/C16H13Cl2FN2/c1-9-3-6-14-15(7-9)21(16(20-14)10(2)17)11-4-5-13(19)12(18)8-11/h3-8,10H,1-2H3. The van der Waals surface area contributed by atoms with E-state index in [4.69, 9.17) is 23.2 Å². The summed E-state index contributed by atoms with van der Waals surface area (Å²) < 4.78 is 15.3. The van der Waals surface area contributed by atoms with Crippen LogP contribution in [0.15, 0.2) is 36.4 Å². The van der Waals surface area contributed by atoms with E-state index in [-0.39, 0.29) is 10.4 Å². The number of rotatable bonds is 2. The zero-order valence-electron chi connectivity index (χ0n) is 11.6. The number of aromatic nitrogens is 2. The number of halogens is 3. The number of hydrogen-bond donors (Lipinski definition) is 0. The number of alkyl halides is 1. The number of nitrogens with zero attached hydrogens (tertiary/aromatic N) is 2. The fourth-order valence-corrected chi connectivity index (χ4v) is 2.69. The molecule has 0 aliphatic rings. The van der Waals surface area contributed by atoms with Gasteiger partial charge in [0.15, 0.2) is 0 Å². The van der Waals surface area contributed by atoms with Gasteiger partial charge in [-0.2, -0.15) is 0 Å². The van der Waals surface area contributed by atoms with Gasteiger partial charge in [-0.3, -0.25) is 4.57 Å². The van der Waals surface area contributed by atoms with Crippen LogP contribution in [-0.4, -0.2) is 9.55 Å². The Morgan fingerprint density at radius 2 is 1.95 bits per heavy atom. The second-order valence-electron chi connectivity index (χ2n) is 5.01. The van der Waals surface area contributed by atoms with E-state index in [1.54, 1.807) is 12.1 Å². The lowest BCUT2D eigenvalue weighted by atomic mass is 10.2. The van der Waals surface area contributed by atoms with Crippen molar-refractivity contribution in [2.24, 2.45) is 0 Å². The van der Waals surface area contributed by atoms with E-state index < -0.39 is 5.82 Å². The van der Waals surface area contributed by atoms with E-state index >= 15 is 0 Å². The second kappa shape index (κ2) is 5.32. The summed E-state index contributed by atoms with van der Waals surface area (Å²) in [7, 11) is 0. The predicted octanol–water partition coefficient (Wildman–Crippen LogP) is 5.43. The van der Waals surface area contributed by atoms with Crippen molar-refractivity contribution in [3.63, 3.8) is 0 Å². The quantitative estimate of drug-likeness (QED) is 0.575. The molecule has 2 nitrogen and oxygen atoms in total. The molecule has 108 valence electrons. The lowest BCUT2D eigenvalue weighted by molar-refractivity contribution is 0.627. The first kappa shape index (κ1) is 14.4. The Bertz CT molecular complexity index is 825. The molecule has 0 aliphatic heterocycles. The van der Waals surface area contributed by atoms with Crippen LogP contribution in [0.1, 0.15) is 23.7 Å². The maximum Gasteiger partial charge on any atom is 0.141 e. The Kier molecular flexibility index (Phi) is 3.64. The SMILES string of the molecule is Cc1ccc2nc(C(C)Cl)n(-c3ccc(F)c(Cl)c3)c2c1. The molecule has 0 aliphatic carbocycles. The lowest BCUT2D eigenvalue weighted by Gasteiger charge is -2.11. The molecule has 1 heterocycles. The first-order chi connectivity index (χ1) is 9.97. The summed E-state index contributed by atoms with van der Waals surface area (Å²) in [6.45, 7) is 3.87. The van der Waals surface area contributed by atoms with E-state index in [2.05, 4.69) is 4.98 Å². The van der Waals surface area contributed by atoms with Gasteiger partial charge in [0.25, 0.3) is 0 Å². The number of hydrogen-bond acceptors (Lipinski definition) is 1. The molecule has 0 radical (unpaired) electrons. The third-order valence-electron chi connectivity index (χ3n) is 3.35. The maximum absolute atomic E-state index is 13.4. The molecule has 0 amide bonds. The van der Waals surface area contributed by atoms with Crippen LogP contribution in [0.5, 0.6) is 0 Å². The van der Waals surface area contributed by atoms with Gasteiger partial charge in [0.2, 0.25) is 0 Å². The van der Waals surface area contributed by atoms with Crippen molar-refractivity contribution in [1.82, 2.24) is 9.55 Å². The second-order valence-corrected chi connectivity index (χ2v) is 6.07. The lowest BCUT2D eigenvalue weighted by Crippen LogP contribution is -2.02. The molecule has 0 saturated carbocycles. The highest BCUT2D eigenvalue weighted by Gasteiger charge is 2.17. The molecular formula is C16H13Cl2FN2. The molecule has 0 bridgehead atoms. The van der Waals surface area contributed by atoms with Crippen molar-refractivity contribution in [3.05, 3.63) is 58.6 Å². The Morgan fingerprint density at radius 1 is 1.19 bits per heavy atom. The van der Waals surface area contributed by atoms with E-state index in [0.29, 0.717) is 5.82 Å². The monoisotopic (exact) mass is 322 g/mol. The van der Waals surface area contributed by atoms with Crippen LogP contribution in [0.4, 0.5) is 4.39 Å². The molecule has 3 rings (SSSR count). The summed E-state index contributed by atoms with van der Waals surface area (Å²) in [5.41, 5.74) is 3.64. The van der Waals surface area contributed by atoms with Crippen molar-refractivity contribution in [2.45, 2.75) is 19.2 Å². The molecule has 1 atom stereocenters. The van der Waals surface area contributed by atoms with Gasteiger partial charge >= 0.3 is 0 Å². The van der Waals surface area contributed by atoms with Crippen LogP contribution in [0.3, 0.4) is 0 Å². The van der Waals surface area contributed by atoms with Crippen molar-refractivity contribution in [2.75, 3.05) is 0 Å². The van der Waals surface area contributed by atoms with Crippen molar-refractivity contribution in [3.8, 4) is 5.69 Å². The van der Waals surface area contributed by atoms with Crippen molar-refractivity contribution in [1.29, 1.82) is 0 Å². The molecule has 21 heavy (non-hydrogen) atoms. The number of benzene rings is 2. The number of imidazole rings is 1. The van der Waals surface area contributed by atoms with Gasteiger partial charge in [-0.1, -0.05) is 17.7 Å². The molecule has 1 aromatic heterocycles. The Labute approximate surface area is 132 Å². The van der Waals surface area contributed by atoms with Crippen LogP contribution >= 0.6 is 23.2 Å². The fourth-order valence-electron chi connectivity index (χ4n) is 2.37. The maximum atomic E-state index is 13.4. The average Bonchev–Trinajstić information content (AvgIpc) is 2.80. The predicted molar refractivity (Wildman–Crippen MR) is 85.0 cm³/mol. The Hall–Kier alpha value is -1.58. The smallest absolute Gasteiger partial charge is 0.141 e. The van der Waals surface area contributed by atoms with Gasteiger partial charge in [0.05, 0.1) is 21.4 Å². The van der Waals surface area contributed by atoms with E-state index in [1.165, 1.54) is 6.07 Å². The summed E-state index contributed by atoms with van der Waals surface area (Å²) in [6.07, 6.45) is 0. The van der Waals surface area contributed by atoms with E-state index in [1.807, 2.05) is 36.6 Å². The first-order valence-electron chi connectivity index (χ1n) is 6.56. The summed E-state index contributed by atoms with van der Waals surface area (Å²) in [5.74, 6) is 0.265. The zero-order chi connectivity index (χ0) is 15.1. The highest BCUT2D eigenvalue weighted by molar-refractivity contribution is 6.30. The summed E-state index contributed by atoms with van der Waals surface area (Å²) >= 11 is 12.2. The minimum atomic E-state index is -0.443. The molecule has 0 fully saturated rings. The van der Waals surface area contributed by atoms with Gasteiger partial charge in [-0.15, -0.1) is 11.6 Å². The van der Waals surface area contributed by atoms with Crippen molar-refractivity contribution >= 4 is 34.2 Å². The van der Waals surface area contributed by atoms with Gasteiger partial charge < -0.3 is 0 Å². The third-order valence-corrected chi connectivity index (χ3v) is 3.84. The third kappa shape index (κ3) is 2.52. The number of aryl methyl sites for hydroxylation is 1. The van der Waals surface area contributed by atoms with E-state index in [0.717, 1.165) is 22.3 Å². The molecule has 0 saturated heterocycles. The minimum Gasteiger partial charge on any atom is -0.295 e. The zero-order valence-corrected chi connectivity index (χ0v) is 13.1. The molecular weight excluding hydrogens is 310 g/mol.